The first-order chi connectivity index (χ1) is 17.4. The van der Waals surface area contributed by atoms with Crippen molar-refractivity contribution < 1.29 is 19.5 Å². The number of phenols is 1. The smallest absolute Gasteiger partial charge is 0.124 e. The summed E-state index contributed by atoms with van der Waals surface area (Å²) in [7, 11) is 4.74. The molecule has 202 valence electrons. The molecule has 0 aliphatic rings. The Bertz CT molecular complexity index is 804. The summed E-state index contributed by atoms with van der Waals surface area (Å²) in [6.45, 7) is 4.75. The van der Waals surface area contributed by atoms with Gasteiger partial charge >= 0.3 is 0 Å². The molecule has 0 saturated carbocycles. The number of aromatic carboxylic acids is 1. The lowest BCUT2D eigenvalue weighted by molar-refractivity contribution is -0.903. The van der Waals surface area contributed by atoms with Crippen LogP contribution < -0.4 is 5.11 Å². The van der Waals surface area contributed by atoms with Crippen molar-refractivity contribution in [2.24, 2.45) is 0 Å². The van der Waals surface area contributed by atoms with E-state index >= 15 is 0 Å². The van der Waals surface area contributed by atoms with E-state index in [1.54, 1.807) is 6.07 Å². The van der Waals surface area contributed by atoms with Crippen molar-refractivity contribution in [3.8, 4) is 5.75 Å². The summed E-state index contributed by atoms with van der Waals surface area (Å²) >= 11 is 0. The molecule has 0 unspecified atom stereocenters. The molecule has 1 N–H and O–H groups in total. The maximum atomic E-state index is 10.2. The number of nitrogens with zero attached hydrogens (tertiary/aromatic N) is 1. The second-order valence-corrected chi connectivity index (χ2v) is 10.7. The molecule has 4 nitrogen and oxygen atoms in total. The van der Waals surface area contributed by atoms with Crippen LogP contribution in [-0.2, 0) is 6.54 Å². The lowest BCUT2D eigenvalue weighted by atomic mass is 10.0. The quantitative estimate of drug-likeness (QED) is 0.171. The summed E-state index contributed by atoms with van der Waals surface area (Å²) in [5.74, 6) is -1.62. The van der Waals surface area contributed by atoms with Crippen LogP contribution in [0.4, 0.5) is 0 Å². The highest BCUT2D eigenvalue weighted by atomic mass is 16.4. The third kappa shape index (κ3) is 16.4. The molecule has 0 aromatic heterocycles. The van der Waals surface area contributed by atoms with Gasteiger partial charge in [0, 0.05) is 11.1 Å². The van der Waals surface area contributed by atoms with Crippen LogP contribution in [0.25, 0.3) is 0 Å². The number of carbonyl (C=O) groups excluding carboxylic acids is 1. The summed E-state index contributed by atoms with van der Waals surface area (Å²) in [6.07, 6.45) is 20.2. The van der Waals surface area contributed by atoms with Gasteiger partial charge in [-0.05, 0) is 25.0 Å². The summed E-state index contributed by atoms with van der Waals surface area (Å²) in [5.41, 5.74) is 1.28. The number of para-hydroxylation sites is 1. The van der Waals surface area contributed by atoms with Gasteiger partial charge in [-0.25, -0.2) is 0 Å². The number of carboxylic acids is 1. The van der Waals surface area contributed by atoms with Gasteiger partial charge in [0.1, 0.15) is 12.3 Å². The normalized spacial score (nSPS) is 11.1. The standard InChI is InChI=1S/C25H46N.C7H6O3/c1-4-5-6-7-8-9-10-11-12-13-14-15-16-20-23-26(2,3)24-25-21-18-17-19-22-25;8-6-4-2-1-3-5(6)7(9)10/h17-19,21-22H,4-16,20,23-24H2,1-3H3;1-4,8H,(H,9,10)/q+1;/p-1. The van der Waals surface area contributed by atoms with Gasteiger partial charge in [0.2, 0.25) is 0 Å². The first-order valence-corrected chi connectivity index (χ1v) is 14.2. The molecule has 0 bridgehead atoms. The van der Waals surface area contributed by atoms with Crippen molar-refractivity contribution in [1.82, 2.24) is 0 Å². The number of carbonyl (C=O) groups is 1. The molecule has 2 aromatic carbocycles. The second-order valence-electron chi connectivity index (χ2n) is 10.7. The number of aromatic hydroxyl groups is 1. The van der Waals surface area contributed by atoms with E-state index in [9.17, 15) is 9.90 Å². The number of unbranched alkanes of at least 4 members (excludes halogenated alkanes) is 13. The van der Waals surface area contributed by atoms with Gasteiger partial charge in [0.05, 0.1) is 26.6 Å². The van der Waals surface area contributed by atoms with Gasteiger partial charge in [-0.3, -0.25) is 0 Å². The minimum absolute atomic E-state index is 0.178. The van der Waals surface area contributed by atoms with Gasteiger partial charge in [-0.1, -0.05) is 126 Å². The molecular weight excluding hydrogens is 446 g/mol. The Morgan fingerprint density at radius 2 is 1.14 bits per heavy atom. The van der Waals surface area contributed by atoms with E-state index in [-0.39, 0.29) is 11.3 Å². The van der Waals surface area contributed by atoms with Crippen LogP contribution in [0.15, 0.2) is 54.6 Å². The molecule has 4 heteroatoms. The topological polar surface area (TPSA) is 60.4 Å². The van der Waals surface area contributed by atoms with Crippen molar-refractivity contribution in [2.45, 2.75) is 103 Å². The summed E-state index contributed by atoms with van der Waals surface area (Å²) < 4.78 is 1.11. The summed E-state index contributed by atoms with van der Waals surface area (Å²) in [5, 5.41) is 19.0. The average molecular weight is 498 g/mol. The zero-order valence-electron chi connectivity index (χ0n) is 23.2. The van der Waals surface area contributed by atoms with Gasteiger partial charge in [-0.2, -0.15) is 0 Å². The Hall–Kier alpha value is -2.33. The van der Waals surface area contributed by atoms with Crippen LogP contribution in [0.2, 0.25) is 0 Å². The Labute approximate surface area is 221 Å². The van der Waals surface area contributed by atoms with Crippen LogP contribution in [0, 0.1) is 0 Å². The fourth-order valence-electron chi connectivity index (χ4n) is 4.54. The summed E-state index contributed by atoms with van der Waals surface area (Å²) in [6, 6.07) is 16.6. The molecule has 0 fully saturated rings. The minimum Gasteiger partial charge on any atom is -0.545 e. The molecule has 0 radical (unpaired) electrons. The van der Waals surface area contributed by atoms with Crippen molar-refractivity contribution in [2.75, 3.05) is 20.6 Å². The number of hydrogen-bond acceptors (Lipinski definition) is 3. The lowest BCUT2D eigenvalue weighted by Crippen LogP contribution is -2.39. The largest absolute Gasteiger partial charge is 0.545 e. The van der Waals surface area contributed by atoms with Crippen molar-refractivity contribution in [1.29, 1.82) is 0 Å². The third-order valence-corrected chi connectivity index (χ3v) is 6.69. The molecule has 2 aromatic rings. The Balaban J connectivity index is 0.000000537. The maximum Gasteiger partial charge on any atom is 0.124 e. The monoisotopic (exact) mass is 497 g/mol. The highest BCUT2D eigenvalue weighted by Gasteiger charge is 2.14. The molecule has 36 heavy (non-hydrogen) atoms. The van der Waals surface area contributed by atoms with Crippen molar-refractivity contribution in [3.63, 3.8) is 0 Å². The Morgan fingerprint density at radius 1 is 0.694 bits per heavy atom. The van der Waals surface area contributed by atoms with E-state index in [4.69, 9.17) is 5.11 Å². The number of carboxylic acid groups (broad SMARTS) is 1. The van der Waals surface area contributed by atoms with Gasteiger partial charge in [0.15, 0.2) is 0 Å². The van der Waals surface area contributed by atoms with Gasteiger partial charge in [-0.15, -0.1) is 0 Å². The van der Waals surface area contributed by atoms with E-state index < -0.39 is 5.97 Å². The van der Waals surface area contributed by atoms with Gasteiger partial charge in [0.25, 0.3) is 0 Å². The van der Waals surface area contributed by atoms with Crippen molar-refractivity contribution in [3.05, 3.63) is 65.7 Å². The number of hydrogen-bond donors (Lipinski definition) is 1. The molecule has 0 aliphatic carbocycles. The van der Waals surface area contributed by atoms with Gasteiger partial charge < -0.3 is 19.5 Å². The fraction of sp³-hybridized carbons (Fsp3) is 0.594. The predicted octanol–water partition coefficient (Wildman–Crippen LogP) is 7.50. The number of rotatable bonds is 18. The predicted molar refractivity (Wildman–Crippen MR) is 150 cm³/mol. The average Bonchev–Trinajstić information content (AvgIpc) is 2.85. The van der Waals surface area contributed by atoms with E-state index in [2.05, 4.69) is 51.4 Å². The van der Waals surface area contributed by atoms with Crippen LogP contribution >= 0.6 is 0 Å². The van der Waals surface area contributed by atoms with Crippen molar-refractivity contribution >= 4 is 5.97 Å². The van der Waals surface area contributed by atoms with E-state index in [1.807, 2.05) is 0 Å². The number of quaternary nitrogens is 1. The molecule has 0 atom stereocenters. The Morgan fingerprint density at radius 3 is 1.58 bits per heavy atom. The first-order valence-electron chi connectivity index (χ1n) is 14.2. The molecule has 0 saturated heterocycles. The minimum atomic E-state index is -1.36. The highest BCUT2D eigenvalue weighted by Crippen LogP contribution is 2.15. The van der Waals surface area contributed by atoms with E-state index in [0.717, 1.165) is 11.0 Å². The number of benzene rings is 2. The molecule has 0 heterocycles. The van der Waals surface area contributed by atoms with E-state index in [0.29, 0.717) is 0 Å². The Kier molecular flexibility index (Phi) is 17.4. The molecule has 0 aliphatic heterocycles. The third-order valence-electron chi connectivity index (χ3n) is 6.69. The van der Waals surface area contributed by atoms with Crippen LogP contribution in [0.1, 0.15) is 113 Å². The molecular formula is C32H51NO3. The first kappa shape index (κ1) is 31.7. The zero-order chi connectivity index (χ0) is 26.5. The molecule has 0 amide bonds. The highest BCUT2D eigenvalue weighted by molar-refractivity contribution is 5.88. The molecule has 2 rings (SSSR count). The zero-order valence-corrected chi connectivity index (χ0v) is 23.2. The van der Waals surface area contributed by atoms with E-state index in [1.165, 1.54) is 120 Å². The SMILES string of the molecule is CCCCCCCCCCCCCCCC[N+](C)(C)Cc1ccccc1.O=C([O-])c1ccccc1O. The summed E-state index contributed by atoms with van der Waals surface area (Å²) in [4.78, 5) is 10.2. The van der Waals surface area contributed by atoms with Crippen LogP contribution in [-0.4, -0.2) is 36.2 Å². The fourth-order valence-corrected chi connectivity index (χ4v) is 4.54. The second kappa shape index (κ2) is 19.8. The maximum absolute atomic E-state index is 10.2. The molecule has 0 spiro atoms. The lowest BCUT2D eigenvalue weighted by Gasteiger charge is -2.30. The van der Waals surface area contributed by atoms with Crippen LogP contribution in [0.5, 0.6) is 5.75 Å². The van der Waals surface area contributed by atoms with Crippen LogP contribution in [0.3, 0.4) is 0 Å².